The molecule has 0 bridgehead atoms. The lowest BCUT2D eigenvalue weighted by atomic mass is 10.2. The van der Waals surface area contributed by atoms with E-state index in [0.29, 0.717) is 19.4 Å². The molecule has 1 heterocycles. The summed E-state index contributed by atoms with van der Waals surface area (Å²) >= 11 is 0. The van der Waals surface area contributed by atoms with Crippen molar-refractivity contribution in [3.8, 4) is 0 Å². The number of nitrogens with two attached hydrogens (primary N) is 1. The Hall–Kier alpha value is -1.39. The lowest BCUT2D eigenvalue weighted by Crippen LogP contribution is -2.43. The number of hydrogen-bond acceptors (Lipinski definition) is 2. The van der Waals surface area contributed by atoms with Crippen molar-refractivity contribution in [1.29, 1.82) is 0 Å². The average molecular weight is 186 g/mol. The maximum Gasteiger partial charge on any atom is 0.282 e. The van der Waals surface area contributed by atoms with Crippen LogP contribution < -0.4 is 5.73 Å². The SMILES string of the molecule is C=C(F)C(=O)N1CCCC1C(N)=O. The molecule has 0 aliphatic carbocycles. The van der Waals surface area contributed by atoms with Crippen LogP contribution in [0.15, 0.2) is 12.4 Å². The molecule has 0 radical (unpaired) electrons. The Kier molecular flexibility index (Phi) is 2.65. The number of rotatable bonds is 2. The minimum absolute atomic E-state index is 0.370. The number of likely N-dealkylation sites (tertiary alicyclic amines) is 1. The van der Waals surface area contributed by atoms with Crippen LogP contribution in [0.25, 0.3) is 0 Å². The van der Waals surface area contributed by atoms with Crippen molar-refractivity contribution in [1.82, 2.24) is 4.90 Å². The summed E-state index contributed by atoms with van der Waals surface area (Å²) in [5, 5.41) is 0. The predicted molar refractivity (Wildman–Crippen MR) is 44.2 cm³/mol. The van der Waals surface area contributed by atoms with Gasteiger partial charge in [-0.05, 0) is 12.8 Å². The van der Waals surface area contributed by atoms with Crippen molar-refractivity contribution in [3.05, 3.63) is 12.4 Å². The van der Waals surface area contributed by atoms with Crippen LogP contribution >= 0.6 is 0 Å². The maximum absolute atomic E-state index is 12.4. The Labute approximate surface area is 75.2 Å². The molecule has 1 aliphatic rings. The first-order valence-corrected chi connectivity index (χ1v) is 3.98. The first kappa shape index (κ1) is 9.70. The van der Waals surface area contributed by atoms with Gasteiger partial charge in [0.15, 0.2) is 5.83 Å². The first-order valence-electron chi connectivity index (χ1n) is 3.98. The van der Waals surface area contributed by atoms with Gasteiger partial charge in [-0.25, -0.2) is 4.39 Å². The summed E-state index contributed by atoms with van der Waals surface area (Å²) < 4.78 is 12.4. The summed E-state index contributed by atoms with van der Waals surface area (Å²) in [6.45, 7) is 3.25. The minimum Gasteiger partial charge on any atom is -0.368 e. The number of nitrogens with zero attached hydrogens (tertiary/aromatic N) is 1. The highest BCUT2D eigenvalue weighted by Gasteiger charge is 2.33. The summed E-state index contributed by atoms with van der Waals surface area (Å²) in [5.74, 6) is -2.47. The normalized spacial score (nSPS) is 21.6. The molecule has 1 rings (SSSR count). The molecule has 1 unspecified atom stereocenters. The summed E-state index contributed by atoms with van der Waals surface area (Å²) in [6, 6.07) is -0.667. The van der Waals surface area contributed by atoms with E-state index in [-0.39, 0.29) is 0 Å². The highest BCUT2D eigenvalue weighted by molar-refractivity contribution is 5.94. The summed E-state index contributed by atoms with van der Waals surface area (Å²) in [6.07, 6.45) is 1.18. The fourth-order valence-corrected chi connectivity index (χ4v) is 1.46. The van der Waals surface area contributed by atoms with E-state index >= 15 is 0 Å². The fraction of sp³-hybridized carbons (Fsp3) is 0.500. The van der Waals surface area contributed by atoms with Crippen LogP contribution in [0.4, 0.5) is 4.39 Å². The summed E-state index contributed by atoms with van der Waals surface area (Å²) in [4.78, 5) is 23.0. The zero-order chi connectivity index (χ0) is 10.0. The summed E-state index contributed by atoms with van der Waals surface area (Å²) in [7, 11) is 0. The van der Waals surface area contributed by atoms with Gasteiger partial charge < -0.3 is 10.6 Å². The molecule has 0 aromatic heterocycles. The van der Waals surface area contributed by atoms with Gasteiger partial charge in [0.2, 0.25) is 5.91 Å². The Morgan fingerprint density at radius 2 is 2.15 bits per heavy atom. The highest BCUT2D eigenvalue weighted by atomic mass is 19.1. The first-order chi connectivity index (χ1) is 6.04. The Morgan fingerprint density at radius 3 is 2.62 bits per heavy atom. The van der Waals surface area contributed by atoms with Gasteiger partial charge in [-0.3, -0.25) is 9.59 Å². The van der Waals surface area contributed by atoms with E-state index in [4.69, 9.17) is 5.73 Å². The van der Waals surface area contributed by atoms with Crippen LogP contribution in [0.3, 0.4) is 0 Å². The van der Waals surface area contributed by atoms with Crippen molar-refractivity contribution in [2.45, 2.75) is 18.9 Å². The van der Waals surface area contributed by atoms with Crippen molar-refractivity contribution in [2.75, 3.05) is 6.54 Å². The van der Waals surface area contributed by atoms with Crippen molar-refractivity contribution in [3.63, 3.8) is 0 Å². The third-order valence-electron chi connectivity index (χ3n) is 2.07. The lowest BCUT2D eigenvalue weighted by Gasteiger charge is -2.20. The van der Waals surface area contributed by atoms with E-state index in [1.807, 2.05) is 0 Å². The second-order valence-corrected chi connectivity index (χ2v) is 2.96. The van der Waals surface area contributed by atoms with Crippen LogP contribution in [0.1, 0.15) is 12.8 Å². The highest BCUT2D eigenvalue weighted by Crippen LogP contribution is 2.18. The Morgan fingerprint density at radius 1 is 1.54 bits per heavy atom. The van der Waals surface area contributed by atoms with E-state index in [2.05, 4.69) is 6.58 Å². The Balaban J connectivity index is 2.74. The third kappa shape index (κ3) is 1.85. The molecular formula is C8H11FN2O2. The molecule has 2 N–H and O–H groups in total. The van der Waals surface area contributed by atoms with Gasteiger partial charge in [-0.15, -0.1) is 0 Å². The van der Waals surface area contributed by atoms with Gasteiger partial charge in [0.25, 0.3) is 5.91 Å². The molecule has 0 saturated carbocycles. The van der Waals surface area contributed by atoms with Crippen molar-refractivity contribution >= 4 is 11.8 Å². The molecule has 1 saturated heterocycles. The lowest BCUT2D eigenvalue weighted by molar-refractivity contribution is -0.135. The molecule has 5 heteroatoms. The number of primary amides is 1. The van der Waals surface area contributed by atoms with Crippen LogP contribution in [-0.2, 0) is 9.59 Å². The molecule has 1 atom stereocenters. The smallest absolute Gasteiger partial charge is 0.282 e. The molecular weight excluding hydrogens is 175 g/mol. The number of hydrogen-bond donors (Lipinski definition) is 1. The van der Waals surface area contributed by atoms with Gasteiger partial charge >= 0.3 is 0 Å². The molecule has 0 spiro atoms. The average Bonchev–Trinajstić information content (AvgIpc) is 2.50. The monoisotopic (exact) mass is 186 g/mol. The van der Waals surface area contributed by atoms with E-state index in [1.165, 1.54) is 0 Å². The zero-order valence-corrected chi connectivity index (χ0v) is 7.12. The molecule has 13 heavy (non-hydrogen) atoms. The molecule has 2 amide bonds. The third-order valence-corrected chi connectivity index (χ3v) is 2.07. The van der Waals surface area contributed by atoms with E-state index in [1.54, 1.807) is 0 Å². The van der Waals surface area contributed by atoms with Gasteiger partial charge in [0.1, 0.15) is 6.04 Å². The molecule has 0 aromatic rings. The second kappa shape index (κ2) is 3.55. The summed E-state index contributed by atoms with van der Waals surface area (Å²) in [5.41, 5.74) is 5.04. The molecule has 72 valence electrons. The van der Waals surface area contributed by atoms with E-state index < -0.39 is 23.7 Å². The second-order valence-electron chi connectivity index (χ2n) is 2.96. The number of carbonyl (C=O) groups is 2. The van der Waals surface area contributed by atoms with Crippen LogP contribution in [0.5, 0.6) is 0 Å². The van der Waals surface area contributed by atoms with Crippen LogP contribution in [-0.4, -0.2) is 29.3 Å². The number of amides is 2. The van der Waals surface area contributed by atoms with Crippen molar-refractivity contribution < 1.29 is 14.0 Å². The molecule has 1 fully saturated rings. The standard InChI is InChI=1S/C8H11FN2O2/c1-5(9)8(13)11-4-2-3-6(11)7(10)12/h6H,1-4H2,(H2,10,12). The number of carbonyl (C=O) groups excluding carboxylic acids is 2. The minimum atomic E-state index is -1.05. The van der Waals surface area contributed by atoms with Gasteiger partial charge in [0.05, 0.1) is 0 Å². The van der Waals surface area contributed by atoms with Gasteiger partial charge in [-0.1, -0.05) is 6.58 Å². The zero-order valence-electron chi connectivity index (χ0n) is 7.12. The largest absolute Gasteiger partial charge is 0.368 e. The Bertz CT molecular complexity index is 265. The molecule has 4 nitrogen and oxygen atoms in total. The fourth-order valence-electron chi connectivity index (χ4n) is 1.46. The van der Waals surface area contributed by atoms with E-state index in [9.17, 15) is 14.0 Å². The van der Waals surface area contributed by atoms with Crippen LogP contribution in [0, 0.1) is 0 Å². The topological polar surface area (TPSA) is 63.4 Å². The predicted octanol–water partition coefficient (Wildman–Crippen LogP) is -0.0541. The van der Waals surface area contributed by atoms with Crippen molar-refractivity contribution in [2.24, 2.45) is 5.73 Å². The van der Waals surface area contributed by atoms with E-state index in [0.717, 1.165) is 4.90 Å². The maximum atomic E-state index is 12.4. The van der Waals surface area contributed by atoms with Gasteiger partial charge in [0, 0.05) is 6.54 Å². The van der Waals surface area contributed by atoms with Crippen LogP contribution in [0.2, 0.25) is 0 Å². The molecule has 1 aliphatic heterocycles. The molecule has 0 aromatic carbocycles. The van der Waals surface area contributed by atoms with Gasteiger partial charge in [-0.2, -0.15) is 0 Å². The number of halogens is 1. The quantitative estimate of drug-likeness (QED) is 0.614.